The average Bonchev–Trinajstić information content (AvgIpc) is 2.40. The Labute approximate surface area is 120 Å². The third-order valence-corrected chi connectivity index (χ3v) is 2.86. The molecule has 0 radical (unpaired) electrons. The van der Waals surface area contributed by atoms with Gasteiger partial charge in [-0.05, 0) is 31.5 Å². The van der Waals surface area contributed by atoms with Gasteiger partial charge in [0.05, 0.1) is 11.7 Å². The molecular weight excluding hydrogens is 281 g/mol. The fraction of sp³-hybridized carbons (Fsp3) is 0.250. The van der Waals surface area contributed by atoms with Crippen molar-refractivity contribution in [1.82, 2.24) is 0 Å². The first kappa shape index (κ1) is 15.2. The van der Waals surface area contributed by atoms with Crippen LogP contribution < -0.4 is 4.74 Å². The van der Waals surface area contributed by atoms with Crippen molar-refractivity contribution >= 4 is 0 Å². The summed E-state index contributed by atoms with van der Waals surface area (Å²) in [7, 11) is 0. The Balaban J connectivity index is 2.75. The van der Waals surface area contributed by atoms with Crippen LogP contribution in [0.25, 0.3) is 11.1 Å². The summed E-state index contributed by atoms with van der Waals surface area (Å²) < 4.78 is 45.2. The molecule has 2 aromatic carbocycles. The van der Waals surface area contributed by atoms with Crippen molar-refractivity contribution in [2.75, 3.05) is 0 Å². The molecule has 1 N–H and O–H groups in total. The van der Waals surface area contributed by atoms with Gasteiger partial charge < -0.3 is 9.84 Å². The summed E-state index contributed by atoms with van der Waals surface area (Å²) in [6.07, 6.45) is -4.89. The third kappa shape index (κ3) is 3.29. The molecule has 0 atom stereocenters. The average molecular weight is 296 g/mol. The van der Waals surface area contributed by atoms with Crippen molar-refractivity contribution in [1.29, 1.82) is 0 Å². The Morgan fingerprint density at radius 3 is 2.14 bits per heavy atom. The molecule has 2 rings (SSSR count). The number of rotatable bonds is 3. The van der Waals surface area contributed by atoms with E-state index in [1.807, 2.05) is 0 Å². The standard InChI is InChI=1S/C16H15F3O2/c1-10(2)21-15-13(20)9-8-12(16(17,18)19)14(15)11-6-4-3-5-7-11/h3-10,20H,1-2H3. The zero-order valence-corrected chi connectivity index (χ0v) is 11.6. The first-order valence-corrected chi connectivity index (χ1v) is 6.46. The Morgan fingerprint density at radius 1 is 1.00 bits per heavy atom. The number of ether oxygens (including phenoxy) is 1. The van der Waals surface area contributed by atoms with E-state index in [1.165, 1.54) is 0 Å². The van der Waals surface area contributed by atoms with Crippen molar-refractivity contribution in [2.24, 2.45) is 0 Å². The maximum atomic E-state index is 13.2. The normalized spacial score (nSPS) is 11.7. The summed E-state index contributed by atoms with van der Waals surface area (Å²) in [5, 5.41) is 9.90. The van der Waals surface area contributed by atoms with Gasteiger partial charge in [-0.2, -0.15) is 13.2 Å². The number of benzene rings is 2. The minimum absolute atomic E-state index is 0.142. The maximum Gasteiger partial charge on any atom is 0.417 e. The molecule has 0 saturated heterocycles. The number of alkyl halides is 3. The lowest BCUT2D eigenvalue weighted by Gasteiger charge is -2.20. The van der Waals surface area contributed by atoms with Gasteiger partial charge >= 0.3 is 6.18 Å². The first-order chi connectivity index (χ1) is 9.80. The number of phenolic OH excluding ortho intramolecular Hbond substituents is 1. The lowest BCUT2D eigenvalue weighted by Crippen LogP contribution is -2.12. The summed E-state index contributed by atoms with van der Waals surface area (Å²) >= 11 is 0. The molecule has 0 aliphatic heterocycles. The molecule has 112 valence electrons. The predicted octanol–water partition coefficient (Wildman–Crippen LogP) is 4.87. The molecule has 5 heteroatoms. The van der Waals surface area contributed by atoms with E-state index in [4.69, 9.17) is 4.74 Å². The number of hydrogen-bond acceptors (Lipinski definition) is 2. The number of aromatic hydroxyl groups is 1. The monoisotopic (exact) mass is 296 g/mol. The van der Waals surface area contributed by atoms with Crippen LogP contribution >= 0.6 is 0 Å². The quantitative estimate of drug-likeness (QED) is 0.876. The van der Waals surface area contributed by atoms with Crippen LogP contribution in [0.3, 0.4) is 0 Å². The van der Waals surface area contributed by atoms with Crippen LogP contribution in [0.2, 0.25) is 0 Å². The van der Waals surface area contributed by atoms with Crippen molar-refractivity contribution in [3.8, 4) is 22.6 Å². The summed E-state index contributed by atoms with van der Waals surface area (Å²) in [4.78, 5) is 0. The summed E-state index contributed by atoms with van der Waals surface area (Å²) in [6.45, 7) is 3.38. The van der Waals surface area contributed by atoms with Crippen LogP contribution in [0.4, 0.5) is 13.2 Å². The Morgan fingerprint density at radius 2 is 1.62 bits per heavy atom. The predicted molar refractivity (Wildman–Crippen MR) is 74.3 cm³/mol. The molecule has 0 aromatic heterocycles. The van der Waals surface area contributed by atoms with Crippen LogP contribution in [0.1, 0.15) is 19.4 Å². The molecule has 0 heterocycles. The van der Waals surface area contributed by atoms with Gasteiger partial charge in [0.25, 0.3) is 0 Å². The second kappa shape index (κ2) is 5.68. The summed E-state index contributed by atoms with van der Waals surface area (Å²) in [6, 6.07) is 9.96. The summed E-state index contributed by atoms with van der Waals surface area (Å²) in [5.74, 6) is -0.457. The van der Waals surface area contributed by atoms with Gasteiger partial charge in [0.1, 0.15) is 0 Å². The van der Waals surface area contributed by atoms with Crippen LogP contribution in [-0.2, 0) is 6.18 Å². The van der Waals surface area contributed by atoms with Crippen molar-refractivity contribution in [3.63, 3.8) is 0 Å². The molecule has 0 aliphatic carbocycles. The van der Waals surface area contributed by atoms with Gasteiger partial charge in [-0.15, -0.1) is 0 Å². The molecular formula is C16H15F3O2. The van der Waals surface area contributed by atoms with E-state index in [0.717, 1.165) is 12.1 Å². The second-order valence-corrected chi connectivity index (χ2v) is 4.87. The van der Waals surface area contributed by atoms with Gasteiger partial charge in [0, 0.05) is 5.56 Å². The zero-order chi connectivity index (χ0) is 15.6. The SMILES string of the molecule is CC(C)Oc1c(O)ccc(C(F)(F)F)c1-c1ccccc1. The van der Waals surface area contributed by atoms with Crippen molar-refractivity contribution in [2.45, 2.75) is 26.1 Å². The number of halogens is 3. The molecule has 0 aliphatic rings. The molecule has 0 spiro atoms. The van der Waals surface area contributed by atoms with Gasteiger partial charge in [-0.3, -0.25) is 0 Å². The minimum atomic E-state index is -4.53. The Kier molecular flexibility index (Phi) is 4.11. The highest BCUT2D eigenvalue weighted by Crippen LogP contribution is 2.46. The van der Waals surface area contributed by atoms with E-state index >= 15 is 0 Å². The van der Waals surface area contributed by atoms with E-state index in [0.29, 0.717) is 5.56 Å². The van der Waals surface area contributed by atoms with E-state index in [2.05, 4.69) is 0 Å². The van der Waals surface area contributed by atoms with E-state index in [-0.39, 0.29) is 23.2 Å². The molecule has 2 aromatic rings. The third-order valence-electron chi connectivity index (χ3n) is 2.86. The minimum Gasteiger partial charge on any atom is -0.504 e. The van der Waals surface area contributed by atoms with Crippen molar-refractivity contribution < 1.29 is 23.0 Å². The maximum absolute atomic E-state index is 13.2. The van der Waals surface area contributed by atoms with Crippen LogP contribution in [0.5, 0.6) is 11.5 Å². The highest BCUT2D eigenvalue weighted by atomic mass is 19.4. The molecule has 2 nitrogen and oxygen atoms in total. The fourth-order valence-electron chi connectivity index (χ4n) is 2.05. The van der Waals surface area contributed by atoms with E-state index in [1.54, 1.807) is 44.2 Å². The lowest BCUT2D eigenvalue weighted by atomic mass is 9.97. The molecule has 21 heavy (non-hydrogen) atoms. The Bertz CT molecular complexity index is 619. The number of hydrogen-bond donors (Lipinski definition) is 1. The topological polar surface area (TPSA) is 29.5 Å². The van der Waals surface area contributed by atoms with E-state index in [9.17, 15) is 18.3 Å². The van der Waals surface area contributed by atoms with Crippen LogP contribution in [-0.4, -0.2) is 11.2 Å². The van der Waals surface area contributed by atoms with Crippen LogP contribution in [0, 0.1) is 0 Å². The first-order valence-electron chi connectivity index (χ1n) is 6.46. The molecule has 0 amide bonds. The smallest absolute Gasteiger partial charge is 0.417 e. The molecule has 0 unspecified atom stereocenters. The highest BCUT2D eigenvalue weighted by molar-refractivity contribution is 5.77. The number of phenols is 1. The molecule has 0 fully saturated rings. The largest absolute Gasteiger partial charge is 0.504 e. The Hall–Kier alpha value is -2.17. The molecule has 0 bridgehead atoms. The zero-order valence-electron chi connectivity index (χ0n) is 11.6. The van der Waals surface area contributed by atoms with Gasteiger partial charge in [-0.1, -0.05) is 30.3 Å². The highest BCUT2D eigenvalue weighted by Gasteiger charge is 2.36. The molecule has 0 saturated carbocycles. The van der Waals surface area contributed by atoms with E-state index < -0.39 is 11.7 Å². The van der Waals surface area contributed by atoms with Gasteiger partial charge in [0.15, 0.2) is 11.5 Å². The van der Waals surface area contributed by atoms with Gasteiger partial charge in [0.2, 0.25) is 0 Å². The lowest BCUT2D eigenvalue weighted by molar-refractivity contribution is -0.137. The summed E-state index contributed by atoms with van der Waals surface area (Å²) in [5.41, 5.74) is -0.629. The van der Waals surface area contributed by atoms with Gasteiger partial charge in [-0.25, -0.2) is 0 Å². The van der Waals surface area contributed by atoms with Crippen molar-refractivity contribution in [3.05, 3.63) is 48.0 Å². The van der Waals surface area contributed by atoms with Crippen LogP contribution in [0.15, 0.2) is 42.5 Å². The second-order valence-electron chi connectivity index (χ2n) is 4.87. The fourth-order valence-corrected chi connectivity index (χ4v) is 2.05.